The highest BCUT2D eigenvalue weighted by Gasteiger charge is 2.22. The van der Waals surface area contributed by atoms with Crippen LogP contribution in [0, 0.1) is 5.82 Å². The molecule has 0 bridgehead atoms. The van der Waals surface area contributed by atoms with Gasteiger partial charge in [0.2, 0.25) is 5.91 Å². The maximum atomic E-state index is 14.0. The van der Waals surface area contributed by atoms with E-state index in [2.05, 4.69) is 25.8 Å². The van der Waals surface area contributed by atoms with Crippen LogP contribution in [0.25, 0.3) is 0 Å². The van der Waals surface area contributed by atoms with Gasteiger partial charge < -0.3 is 16.0 Å². The van der Waals surface area contributed by atoms with Crippen molar-refractivity contribution in [3.63, 3.8) is 0 Å². The van der Waals surface area contributed by atoms with Gasteiger partial charge in [0.05, 0.1) is 5.69 Å². The standard InChI is InChI=1S/C20H24FN5O2/c1-14(27)23-16-6-7-18(21)19(10-16)25-20(28)24-17-5-3-9-26(13-17)12-15-4-2-8-22-11-15/h2,4,6-8,10-11,17H,3,5,9,12-13H2,1H3,(H,23,27)(H2,24,25,28)/t17-/m1/s1. The number of anilines is 2. The molecule has 1 aromatic carbocycles. The number of carbonyl (C=O) groups is 2. The van der Waals surface area contributed by atoms with E-state index in [0.29, 0.717) is 5.69 Å². The molecule has 1 aromatic heterocycles. The predicted octanol–water partition coefficient (Wildman–Crippen LogP) is 2.97. The largest absolute Gasteiger partial charge is 0.334 e. The molecule has 0 unspecified atom stereocenters. The average molecular weight is 385 g/mol. The van der Waals surface area contributed by atoms with Crippen molar-refractivity contribution in [2.45, 2.75) is 32.4 Å². The van der Waals surface area contributed by atoms with Gasteiger partial charge in [-0.3, -0.25) is 14.7 Å². The number of hydrogen-bond donors (Lipinski definition) is 3. The smallest absolute Gasteiger partial charge is 0.319 e. The zero-order chi connectivity index (χ0) is 19.9. The Morgan fingerprint density at radius 1 is 1.29 bits per heavy atom. The van der Waals surface area contributed by atoms with Crippen molar-refractivity contribution >= 4 is 23.3 Å². The third-order valence-corrected chi connectivity index (χ3v) is 4.50. The number of nitrogens with zero attached hydrogens (tertiary/aromatic N) is 2. The van der Waals surface area contributed by atoms with Gasteiger partial charge in [-0.25, -0.2) is 9.18 Å². The summed E-state index contributed by atoms with van der Waals surface area (Å²) in [5.74, 6) is -0.830. The Morgan fingerprint density at radius 3 is 2.89 bits per heavy atom. The minimum Gasteiger partial charge on any atom is -0.334 e. The number of urea groups is 1. The molecule has 2 aromatic rings. The fraction of sp³-hybridized carbons (Fsp3) is 0.350. The molecular formula is C20H24FN5O2. The fourth-order valence-corrected chi connectivity index (χ4v) is 3.31. The molecule has 148 valence electrons. The van der Waals surface area contributed by atoms with Gasteiger partial charge >= 0.3 is 6.03 Å². The minimum atomic E-state index is -0.564. The van der Waals surface area contributed by atoms with Gasteiger partial charge in [-0.2, -0.15) is 0 Å². The first-order chi connectivity index (χ1) is 13.5. The molecular weight excluding hydrogens is 361 g/mol. The summed E-state index contributed by atoms with van der Waals surface area (Å²) in [4.78, 5) is 29.9. The predicted molar refractivity (Wildman–Crippen MR) is 105 cm³/mol. The quantitative estimate of drug-likeness (QED) is 0.739. The van der Waals surface area contributed by atoms with E-state index in [1.54, 1.807) is 6.20 Å². The summed E-state index contributed by atoms with van der Waals surface area (Å²) in [5, 5.41) is 8.01. The Bertz CT molecular complexity index is 831. The summed E-state index contributed by atoms with van der Waals surface area (Å²) >= 11 is 0. The molecule has 0 saturated carbocycles. The number of benzene rings is 1. The summed E-state index contributed by atoms with van der Waals surface area (Å²) < 4.78 is 14.0. The molecule has 0 aliphatic carbocycles. The van der Waals surface area contributed by atoms with Gasteiger partial charge in [0.1, 0.15) is 5.82 Å². The van der Waals surface area contributed by atoms with Crippen molar-refractivity contribution in [2.75, 3.05) is 23.7 Å². The van der Waals surface area contributed by atoms with Crippen molar-refractivity contribution in [2.24, 2.45) is 0 Å². The average Bonchev–Trinajstić information content (AvgIpc) is 2.65. The van der Waals surface area contributed by atoms with E-state index in [9.17, 15) is 14.0 Å². The Labute approximate surface area is 163 Å². The molecule has 8 heteroatoms. The second-order valence-corrected chi connectivity index (χ2v) is 6.91. The van der Waals surface area contributed by atoms with E-state index >= 15 is 0 Å². The van der Waals surface area contributed by atoms with E-state index in [1.807, 2.05) is 18.3 Å². The van der Waals surface area contributed by atoms with Crippen LogP contribution in [-0.2, 0) is 11.3 Å². The molecule has 7 nitrogen and oxygen atoms in total. The van der Waals surface area contributed by atoms with Gasteiger partial charge in [-0.1, -0.05) is 6.07 Å². The number of carbonyl (C=O) groups excluding carboxylic acids is 2. The molecule has 0 spiro atoms. The van der Waals surface area contributed by atoms with Crippen LogP contribution in [-0.4, -0.2) is 41.0 Å². The number of piperidine rings is 1. The monoisotopic (exact) mass is 385 g/mol. The third kappa shape index (κ3) is 5.75. The van der Waals surface area contributed by atoms with Crippen LogP contribution >= 0.6 is 0 Å². The number of rotatable bonds is 5. The number of likely N-dealkylation sites (tertiary alicyclic amines) is 1. The number of hydrogen-bond acceptors (Lipinski definition) is 4. The van der Waals surface area contributed by atoms with Crippen LogP contribution in [0.5, 0.6) is 0 Å². The van der Waals surface area contributed by atoms with E-state index in [-0.39, 0.29) is 17.6 Å². The van der Waals surface area contributed by atoms with Gasteiger partial charge in [0.25, 0.3) is 0 Å². The summed E-state index contributed by atoms with van der Waals surface area (Å²) in [6, 6.07) is 7.49. The normalized spacial score (nSPS) is 17.0. The highest BCUT2D eigenvalue weighted by Crippen LogP contribution is 2.20. The van der Waals surface area contributed by atoms with Crippen molar-refractivity contribution in [1.29, 1.82) is 0 Å². The molecule has 1 fully saturated rings. The zero-order valence-corrected chi connectivity index (χ0v) is 15.7. The molecule has 2 heterocycles. The van der Waals surface area contributed by atoms with Gasteiger partial charge in [0.15, 0.2) is 0 Å². The maximum Gasteiger partial charge on any atom is 0.319 e. The van der Waals surface area contributed by atoms with Crippen molar-refractivity contribution in [3.8, 4) is 0 Å². The molecule has 1 atom stereocenters. The van der Waals surface area contributed by atoms with E-state index in [0.717, 1.165) is 38.0 Å². The molecule has 0 radical (unpaired) electrons. The van der Waals surface area contributed by atoms with Gasteiger partial charge in [0, 0.05) is 44.1 Å². The van der Waals surface area contributed by atoms with E-state index in [4.69, 9.17) is 0 Å². The topological polar surface area (TPSA) is 86.4 Å². The van der Waals surface area contributed by atoms with Crippen LogP contribution in [0.4, 0.5) is 20.6 Å². The maximum absolute atomic E-state index is 14.0. The highest BCUT2D eigenvalue weighted by atomic mass is 19.1. The van der Waals surface area contributed by atoms with E-state index in [1.165, 1.54) is 25.1 Å². The first-order valence-corrected chi connectivity index (χ1v) is 9.25. The SMILES string of the molecule is CC(=O)Nc1ccc(F)c(NC(=O)N[C@@H]2CCCN(Cc3cccnc3)C2)c1. The molecule has 1 aliphatic rings. The number of halogens is 1. The Morgan fingerprint density at radius 2 is 2.14 bits per heavy atom. The van der Waals surface area contributed by atoms with Crippen LogP contribution in [0.2, 0.25) is 0 Å². The lowest BCUT2D eigenvalue weighted by atomic mass is 10.1. The second kappa shape index (κ2) is 9.27. The van der Waals surface area contributed by atoms with Crippen LogP contribution < -0.4 is 16.0 Å². The molecule has 3 rings (SSSR count). The molecule has 28 heavy (non-hydrogen) atoms. The lowest BCUT2D eigenvalue weighted by molar-refractivity contribution is -0.114. The molecule has 3 N–H and O–H groups in total. The molecule has 3 amide bonds. The number of pyridine rings is 1. The zero-order valence-electron chi connectivity index (χ0n) is 15.7. The Kier molecular flexibility index (Phi) is 6.54. The summed E-state index contributed by atoms with van der Waals surface area (Å²) in [7, 11) is 0. The number of aromatic nitrogens is 1. The Balaban J connectivity index is 1.55. The van der Waals surface area contributed by atoms with Gasteiger partial charge in [-0.15, -0.1) is 0 Å². The third-order valence-electron chi connectivity index (χ3n) is 4.50. The number of nitrogens with one attached hydrogen (secondary N) is 3. The summed E-state index contributed by atoms with van der Waals surface area (Å²) in [5.41, 5.74) is 1.57. The summed E-state index contributed by atoms with van der Waals surface area (Å²) in [6.45, 7) is 3.82. The van der Waals surface area contributed by atoms with Crippen molar-refractivity contribution in [3.05, 3.63) is 54.1 Å². The highest BCUT2D eigenvalue weighted by molar-refractivity contribution is 5.92. The fourth-order valence-electron chi connectivity index (χ4n) is 3.31. The Hall–Kier alpha value is -3.00. The van der Waals surface area contributed by atoms with E-state index < -0.39 is 11.8 Å². The lowest BCUT2D eigenvalue weighted by Crippen LogP contribution is -2.48. The minimum absolute atomic E-state index is 0.0202. The van der Waals surface area contributed by atoms with Crippen LogP contribution in [0.1, 0.15) is 25.3 Å². The number of amides is 3. The summed E-state index contributed by atoms with van der Waals surface area (Å²) in [6.07, 6.45) is 5.42. The lowest BCUT2D eigenvalue weighted by Gasteiger charge is -2.33. The van der Waals surface area contributed by atoms with Crippen molar-refractivity contribution in [1.82, 2.24) is 15.2 Å². The first kappa shape index (κ1) is 19.8. The molecule has 1 saturated heterocycles. The van der Waals surface area contributed by atoms with Gasteiger partial charge in [-0.05, 0) is 49.2 Å². The van der Waals surface area contributed by atoms with Crippen LogP contribution in [0.15, 0.2) is 42.7 Å². The second-order valence-electron chi connectivity index (χ2n) is 6.91. The first-order valence-electron chi connectivity index (χ1n) is 9.25. The van der Waals surface area contributed by atoms with Crippen LogP contribution in [0.3, 0.4) is 0 Å². The molecule has 1 aliphatic heterocycles. The van der Waals surface area contributed by atoms with Crippen molar-refractivity contribution < 1.29 is 14.0 Å².